The third-order valence-electron chi connectivity index (χ3n) is 4.69. The van der Waals surface area contributed by atoms with Gasteiger partial charge in [0.05, 0.1) is 10.2 Å². The molecule has 0 fully saturated rings. The van der Waals surface area contributed by atoms with Crippen LogP contribution >= 0.6 is 11.3 Å². The van der Waals surface area contributed by atoms with E-state index in [4.69, 9.17) is 0 Å². The van der Waals surface area contributed by atoms with Gasteiger partial charge in [-0.25, -0.2) is 4.79 Å². The van der Waals surface area contributed by atoms with Crippen molar-refractivity contribution in [3.63, 3.8) is 0 Å². The summed E-state index contributed by atoms with van der Waals surface area (Å²) in [7, 11) is 0. The van der Waals surface area contributed by atoms with E-state index in [1.165, 1.54) is 22.5 Å². The van der Waals surface area contributed by atoms with E-state index in [0.29, 0.717) is 6.54 Å². The molecular weight excluding hydrogens is 336 g/mol. The number of benzene rings is 1. The van der Waals surface area contributed by atoms with Crippen LogP contribution in [0.4, 0.5) is 5.69 Å². The molecule has 1 amide bonds. The molecule has 1 aliphatic heterocycles. The van der Waals surface area contributed by atoms with Crippen molar-refractivity contribution in [3.8, 4) is 0 Å². The van der Waals surface area contributed by atoms with Gasteiger partial charge in [-0.05, 0) is 48.9 Å². The number of rotatable bonds is 3. The second-order valence-corrected chi connectivity index (χ2v) is 7.32. The van der Waals surface area contributed by atoms with Gasteiger partial charge in [0, 0.05) is 12.2 Å². The lowest BCUT2D eigenvalue weighted by molar-refractivity contribution is -0.119. The molecule has 2 aromatic heterocycles. The van der Waals surface area contributed by atoms with Crippen molar-refractivity contribution in [2.75, 3.05) is 11.4 Å². The number of aromatic carboxylic acids is 1. The molecule has 0 saturated heterocycles. The summed E-state index contributed by atoms with van der Waals surface area (Å²) in [5.41, 5.74) is 4.29. The van der Waals surface area contributed by atoms with E-state index in [-0.39, 0.29) is 18.1 Å². The average Bonchev–Trinajstić information content (AvgIpc) is 3.16. The first-order chi connectivity index (χ1) is 12.0. The Balaban J connectivity index is 1.69. The smallest absolute Gasteiger partial charge is 0.352 e. The molecule has 25 heavy (non-hydrogen) atoms. The van der Waals surface area contributed by atoms with Crippen molar-refractivity contribution >= 4 is 39.1 Å². The average molecular weight is 354 g/mol. The molecule has 1 N–H and O–H groups in total. The van der Waals surface area contributed by atoms with Crippen molar-refractivity contribution < 1.29 is 14.7 Å². The molecule has 1 aliphatic rings. The summed E-state index contributed by atoms with van der Waals surface area (Å²) in [5.74, 6) is -1.08. The Kier molecular flexibility index (Phi) is 3.84. The number of amides is 1. The van der Waals surface area contributed by atoms with E-state index in [1.807, 2.05) is 30.5 Å². The standard InChI is InChI=1S/C19H18N2O3S/c1-12-4-5-14-13(9-12)3-2-7-20(14)18(22)11-21-15-6-8-25-17(15)10-16(21)19(23)24/h4-6,8-10H,2-3,7,11H2,1H3,(H,23,24). The number of aromatic nitrogens is 1. The molecule has 0 unspecified atom stereocenters. The van der Waals surface area contributed by atoms with Crippen LogP contribution in [0, 0.1) is 6.92 Å². The molecule has 0 radical (unpaired) electrons. The van der Waals surface area contributed by atoms with Crippen molar-refractivity contribution in [3.05, 3.63) is 52.5 Å². The fourth-order valence-electron chi connectivity index (χ4n) is 3.53. The Morgan fingerprint density at radius 2 is 2.08 bits per heavy atom. The first kappa shape index (κ1) is 15.9. The lowest BCUT2D eigenvalue weighted by Gasteiger charge is -2.30. The molecule has 0 aliphatic carbocycles. The highest BCUT2D eigenvalue weighted by atomic mass is 32.1. The number of fused-ring (bicyclic) bond motifs is 2. The number of carboxylic acids is 1. The lowest BCUT2D eigenvalue weighted by atomic mass is 9.99. The van der Waals surface area contributed by atoms with Gasteiger partial charge in [0.25, 0.3) is 0 Å². The summed E-state index contributed by atoms with van der Waals surface area (Å²) in [5, 5.41) is 11.4. The number of hydrogen-bond acceptors (Lipinski definition) is 3. The molecule has 0 saturated carbocycles. The molecule has 6 heteroatoms. The van der Waals surface area contributed by atoms with Gasteiger partial charge >= 0.3 is 5.97 Å². The van der Waals surface area contributed by atoms with Crippen LogP contribution in [0.2, 0.25) is 0 Å². The molecule has 4 rings (SSSR count). The number of nitrogens with zero attached hydrogens (tertiary/aromatic N) is 2. The summed E-state index contributed by atoms with van der Waals surface area (Å²) in [6, 6.07) is 9.65. The first-order valence-corrected chi connectivity index (χ1v) is 9.12. The zero-order chi connectivity index (χ0) is 17.6. The van der Waals surface area contributed by atoms with E-state index in [1.54, 1.807) is 15.5 Å². The van der Waals surface area contributed by atoms with Gasteiger partial charge in [-0.2, -0.15) is 0 Å². The zero-order valence-corrected chi connectivity index (χ0v) is 14.7. The normalized spacial score (nSPS) is 13.9. The predicted molar refractivity (Wildman–Crippen MR) is 98.6 cm³/mol. The van der Waals surface area contributed by atoms with Gasteiger partial charge in [0.2, 0.25) is 5.91 Å². The van der Waals surface area contributed by atoms with Crippen molar-refractivity contribution in [1.29, 1.82) is 0 Å². The van der Waals surface area contributed by atoms with Gasteiger partial charge in [-0.1, -0.05) is 17.7 Å². The molecule has 0 spiro atoms. The van der Waals surface area contributed by atoms with Crippen molar-refractivity contribution in [2.45, 2.75) is 26.3 Å². The summed E-state index contributed by atoms with van der Waals surface area (Å²) in [4.78, 5) is 26.3. The number of carbonyl (C=O) groups is 2. The molecule has 5 nitrogen and oxygen atoms in total. The summed E-state index contributed by atoms with van der Waals surface area (Å²) in [6.07, 6.45) is 1.90. The fourth-order valence-corrected chi connectivity index (χ4v) is 4.35. The SMILES string of the molecule is Cc1ccc2c(c1)CCCN2C(=O)Cn1c(C(=O)O)cc2sccc21. The van der Waals surface area contributed by atoms with Crippen LogP contribution < -0.4 is 4.90 Å². The molecular formula is C19H18N2O3S. The second-order valence-electron chi connectivity index (χ2n) is 6.37. The Hall–Kier alpha value is -2.60. The Bertz CT molecular complexity index is 986. The topological polar surface area (TPSA) is 62.5 Å². The summed E-state index contributed by atoms with van der Waals surface area (Å²) in [6.45, 7) is 2.76. The Morgan fingerprint density at radius 3 is 2.88 bits per heavy atom. The largest absolute Gasteiger partial charge is 0.477 e. The molecule has 0 bridgehead atoms. The molecule has 0 atom stereocenters. The van der Waals surface area contributed by atoms with Crippen LogP contribution in [0.25, 0.3) is 10.2 Å². The van der Waals surface area contributed by atoms with Crippen LogP contribution in [0.3, 0.4) is 0 Å². The maximum Gasteiger partial charge on any atom is 0.352 e. The molecule has 3 aromatic rings. The number of thiophene rings is 1. The third-order valence-corrected chi connectivity index (χ3v) is 5.54. The van der Waals surface area contributed by atoms with Crippen LogP contribution in [0.15, 0.2) is 35.7 Å². The van der Waals surface area contributed by atoms with E-state index in [0.717, 1.165) is 28.7 Å². The minimum absolute atomic E-state index is 0.0369. The van der Waals surface area contributed by atoms with Crippen molar-refractivity contribution in [2.24, 2.45) is 0 Å². The zero-order valence-electron chi connectivity index (χ0n) is 13.9. The van der Waals surface area contributed by atoms with Crippen LogP contribution in [0.5, 0.6) is 0 Å². The van der Waals surface area contributed by atoms with Gasteiger partial charge in [0.1, 0.15) is 12.2 Å². The van der Waals surface area contributed by atoms with E-state index in [9.17, 15) is 14.7 Å². The molecule has 128 valence electrons. The summed E-state index contributed by atoms with van der Waals surface area (Å²) < 4.78 is 2.50. The lowest BCUT2D eigenvalue weighted by Crippen LogP contribution is -2.38. The number of anilines is 1. The monoisotopic (exact) mass is 354 g/mol. The van der Waals surface area contributed by atoms with E-state index >= 15 is 0 Å². The highest BCUT2D eigenvalue weighted by Gasteiger charge is 2.25. The first-order valence-electron chi connectivity index (χ1n) is 8.24. The van der Waals surface area contributed by atoms with Gasteiger partial charge in [0.15, 0.2) is 0 Å². The number of carboxylic acid groups (broad SMARTS) is 1. The summed E-state index contributed by atoms with van der Waals surface area (Å²) >= 11 is 1.48. The van der Waals surface area contributed by atoms with E-state index in [2.05, 4.69) is 6.07 Å². The quantitative estimate of drug-likeness (QED) is 0.780. The Labute approximate surface area is 149 Å². The third kappa shape index (κ3) is 2.72. The predicted octanol–water partition coefficient (Wildman–Crippen LogP) is 3.69. The van der Waals surface area contributed by atoms with E-state index < -0.39 is 5.97 Å². The maximum atomic E-state index is 13.0. The van der Waals surface area contributed by atoms with Crippen molar-refractivity contribution in [1.82, 2.24) is 4.57 Å². The second kappa shape index (κ2) is 6.04. The minimum atomic E-state index is -1.01. The molecule has 1 aromatic carbocycles. The Morgan fingerprint density at radius 1 is 1.24 bits per heavy atom. The van der Waals surface area contributed by atoms with Crippen LogP contribution in [-0.2, 0) is 17.8 Å². The van der Waals surface area contributed by atoms with Crippen LogP contribution in [-0.4, -0.2) is 28.1 Å². The highest BCUT2D eigenvalue weighted by Crippen LogP contribution is 2.30. The number of aryl methyl sites for hydroxylation is 2. The van der Waals surface area contributed by atoms with Gasteiger partial charge in [-0.15, -0.1) is 11.3 Å². The minimum Gasteiger partial charge on any atom is -0.477 e. The van der Waals surface area contributed by atoms with Gasteiger partial charge < -0.3 is 14.6 Å². The number of hydrogen-bond donors (Lipinski definition) is 1. The fraction of sp³-hybridized carbons (Fsp3) is 0.263. The maximum absolute atomic E-state index is 13.0. The number of carbonyl (C=O) groups excluding carboxylic acids is 1. The highest BCUT2D eigenvalue weighted by molar-refractivity contribution is 7.17. The molecule has 3 heterocycles. The van der Waals surface area contributed by atoms with Crippen LogP contribution in [0.1, 0.15) is 28.0 Å². The van der Waals surface area contributed by atoms with Gasteiger partial charge in [-0.3, -0.25) is 4.79 Å².